The third-order valence-corrected chi connectivity index (χ3v) is 10.4. The predicted molar refractivity (Wildman–Crippen MR) is 61.1 cm³/mol. The zero-order chi connectivity index (χ0) is 22.4. The molecule has 0 spiro atoms. The normalized spacial score (nSPS) is 21.3. The van der Waals surface area contributed by atoms with Gasteiger partial charge in [-0.15, -0.1) is 23.3 Å². The molecule has 0 bridgehead atoms. The van der Waals surface area contributed by atoms with Gasteiger partial charge in [-0.05, 0) is 0 Å². The van der Waals surface area contributed by atoms with Gasteiger partial charge in [0.15, 0.2) is 18.9 Å². The number of rotatable bonds is 2. The third-order valence-electron chi connectivity index (χ3n) is 2.89. The molecule has 0 fully saturated rings. The summed E-state index contributed by atoms with van der Waals surface area (Å²) < 4.78 is 199. The van der Waals surface area contributed by atoms with Gasteiger partial charge in [0, 0.05) is 12.5 Å². The zero-order valence-electron chi connectivity index (χ0n) is 11.8. The smallest absolute Gasteiger partial charge is 0.266 e. The molecule has 164 valence electrons. The second-order valence-electron chi connectivity index (χ2n) is 5.50. The monoisotopic (exact) mass is 474 g/mol. The van der Waals surface area contributed by atoms with Crippen LogP contribution in [-0.4, -0.2) is 39.8 Å². The number of carbonyl (C=O) groups is 1. The van der Waals surface area contributed by atoms with Crippen molar-refractivity contribution in [2.45, 2.75) is 22.9 Å². The van der Waals surface area contributed by atoms with Crippen LogP contribution in [0.25, 0.3) is 0 Å². The molecule has 0 aromatic carbocycles. The lowest BCUT2D eigenvalue weighted by Crippen LogP contribution is -2.62. The molecule has 0 saturated heterocycles. The van der Waals surface area contributed by atoms with Gasteiger partial charge in [-0.2, -0.15) is 43.9 Å². The van der Waals surface area contributed by atoms with Crippen molar-refractivity contribution < 1.29 is 72.0 Å². The number of alkyl halides is 10. The molecule has 0 unspecified atom stereocenters. The van der Waals surface area contributed by atoms with Crippen molar-refractivity contribution in [3.8, 4) is 0 Å². The second kappa shape index (κ2) is 4.14. The molecule has 1 nitrogen and oxygen atoms in total. The summed E-state index contributed by atoms with van der Waals surface area (Å²) in [5, 5.41) is -17.1. The van der Waals surface area contributed by atoms with E-state index in [9.17, 15) is 72.0 Å². The van der Waals surface area contributed by atoms with E-state index in [4.69, 9.17) is 0 Å². The van der Waals surface area contributed by atoms with Gasteiger partial charge >= 0.3 is 27.3 Å². The molecule has 0 heterocycles. The first kappa shape index (κ1) is 25.2. The number of hydrogen-bond acceptors (Lipinski definition) is 1. The summed E-state index contributed by atoms with van der Waals surface area (Å²) in [5.74, 6) is 0. The van der Waals surface area contributed by atoms with Gasteiger partial charge in [-0.25, -0.2) is 0 Å². The second-order valence-corrected chi connectivity index (χ2v) is 14.0. The van der Waals surface area contributed by atoms with Gasteiger partial charge in [-0.3, -0.25) is 4.79 Å². The van der Waals surface area contributed by atoms with Gasteiger partial charge < -0.3 is 0 Å². The first-order valence-electron chi connectivity index (χ1n) is 5.15. The SMILES string of the molecule is CS(F)(F)(F)(C(=O)S(C)(F)(F)(F)C(F)(F)C(F)(F)F)C(F)(F)C(F)(F)F. The van der Waals surface area contributed by atoms with E-state index in [0.29, 0.717) is 0 Å². The highest BCUT2D eigenvalue weighted by atomic mass is 32.5. The summed E-state index contributed by atoms with van der Waals surface area (Å²) in [6, 6.07) is 0. The van der Waals surface area contributed by atoms with Gasteiger partial charge in [0.05, 0.1) is 0 Å². The summed E-state index contributed by atoms with van der Waals surface area (Å²) in [5.41, 5.74) is 0. The van der Waals surface area contributed by atoms with E-state index in [0.717, 1.165) is 0 Å². The van der Waals surface area contributed by atoms with Crippen molar-refractivity contribution >= 4 is 23.4 Å². The molecule has 0 radical (unpaired) electrons. The molecular weight excluding hydrogens is 468 g/mol. The average Bonchev–Trinajstić information content (AvgIpc) is 2.21. The van der Waals surface area contributed by atoms with E-state index in [2.05, 4.69) is 0 Å². The lowest BCUT2D eigenvalue weighted by atomic mass is 10.7. The van der Waals surface area contributed by atoms with Crippen LogP contribution in [0.2, 0.25) is 0 Å². The van der Waals surface area contributed by atoms with Crippen molar-refractivity contribution in [2.24, 2.45) is 0 Å². The van der Waals surface area contributed by atoms with Crippen LogP contribution in [0.4, 0.5) is 72.0 Å². The Morgan fingerprint density at radius 3 is 0.808 bits per heavy atom. The molecule has 0 aliphatic rings. The number of carbonyl (C=O) groups excluding carboxylic acids is 1. The fraction of sp³-hybridized carbons (Fsp3) is 0.857. The van der Waals surface area contributed by atoms with Crippen molar-refractivity contribution in [1.82, 2.24) is 0 Å². The quantitative estimate of drug-likeness (QED) is 0.375. The predicted octanol–water partition coefficient (Wildman–Crippen LogP) is 7.74. The molecule has 0 amide bonds. The van der Waals surface area contributed by atoms with Crippen LogP contribution in [0.1, 0.15) is 0 Å². The van der Waals surface area contributed by atoms with Crippen molar-refractivity contribution in [2.75, 3.05) is 12.5 Å². The fourth-order valence-corrected chi connectivity index (χ4v) is 8.29. The van der Waals surface area contributed by atoms with Crippen LogP contribution in [0.3, 0.4) is 0 Å². The first-order chi connectivity index (χ1) is 10.2. The van der Waals surface area contributed by atoms with Crippen LogP contribution in [0.5, 0.6) is 0 Å². The molecule has 19 heteroatoms. The fourth-order valence-electron chi connectivity index (χ4n) is 1.40. The van der Waals surface area contributed by atoms with E-state index < -0.39 is 58.7 Å². The Labute approximate surface area is 132 Å². The number of hydrogen-bond donors (Lipinski definition) is 0. The zero-order valence-corrected chi connectivity index (χ0v) is 13.4. The Morgan fingerprint density at radius 2 is 0.692 bits per heavy atom. The average molecular weight is 474 g/mol. The minimum atomic E-state index is -12.3. The Bertz CT molecular complexity index is 593. The van der Waals surface area contributed by atoms with Crippen molar-refractivity contribution in [1.29, 1.82) is 0 Å². The van der Waals surface area contributed by atoms with Gasteiger partial charge in [0.25, 0.3) is 0 Å². The van der Waals surface area contributed by atoms with Crippen LogP contribution in [-0.2, 0) is 0 Å². The van der Waals surface area contributed by atoms with Gasteiger partial charge in [-0.1, -0.05) is 0 Å². The van der Waals surface area contributed by atoms with Gasteiger partial charge in [0.2, 0.25) is 0 Å². The maximum atomic E-state index is 13.6. The Morgan fingerprint density at radius 1 is 0.538 bits per heavy atom. The van der Waals surface area contributed by atoms with Crippen LogP contribution < -0.4 is 0 Å². The molecule has 0 aliphatic carbocycles. The van der Waals surface area contributed by atoms with E-state index in [1.54, 1.807) is 0 Å². The maximum Gasteiger partial charge on any atom is 0.468 e. The van der Waals surface area contributed by atoms with E-state index in [1.807, 2.05) is 0 Å². The Hall–Kier alpha value is -0.750. The van der Waals surface area contributed by atoms with Crippen molar-refractivity contribution in [3.05, 3.63) is 0 Å². The van der Waals surface area contributed by atoms with Gasteiger partial charge in [0.1, 0.15) is 0 Å². The van der Waals surface area contributed by atoms with E-state index in [-0.39, 0.29) is 0 Å². The summed E-state index contributed by atoms with van der Waals surface area (Å²) in [6.07, 6.45) is -21.0. The minimum Gasteiger partial charge on any atom is -0.266 e. The summed E-state index contributed by atoms with van der Waals surface area (Å²) >= 11 is 0. The highest BCUT2D eigenvalue weighted by molar-refractivity contribution is 8.85. The molecule has 0 N–H and O–H groups in total. The molecule has 0 aromatic heterocycles. The molecule has 0 aliphatic heterocycles. The Kier molecular flexibility index (Phi) is 4.02. The standard InChI is InChI=1S/C7H6F16OS2/c1-25(18,19,20,6(14,15)4(8,9)10)3(24)26(2,21,22,23)7(16,17)5(11,12)13/h1-2H3. The first-order valence-corrected chi connectivity index (χ1v) is 10.3. The highest BCUT2D eigenvalue weighted by Gasteiger charge is 3.03. The van der Waals surface area contributed by atoms with Crippen LogP contribution in [0, 0.1) is 0 Å². The largest absolute Gasteiger partial charge is 0.468 e. The van der Waals surface area contributed by atoms with E-state index >= 15 is 0 Å². The summed E-state index contributed by atoms with van der Waals surface area (Å²) in [4.78, 5) is 10.9. The minimum absolute atomic E-state index is 2.55. The van der Waals surface area contributed by atoms with Crippen LogP contribution in [0.15, 0.2) is 0 Å². The molecule has 0 rings (SSSR count). The van der Waals surface area contributed by atoms with Crippen molar-refractivity contribution in [3.63, 3.8) is 0 Å². The summed E-state index contributed by atoms with van der Waals surface area (Å²) in [7, 11) is -24.5. The highest BCUT2D eigenvalue weighted by Crippen LogP contribution is 3.15. The van der Waals surface area contributed by atoms with E-state index in [1.165, 1.54) is 0 Å². The Balaban J connectivity index is 7.47. The topological polar surface area (TPSA) is 17.1 Å². The molecular formula is C7H6F16OS2. The number of halogens is 16. The molecule has 0 aromatic rings. The molecule has 0 saturated carbocycles. The lowest BCUT2D eigenvalue weighted by molar-refractivity contribution is -0.247. The van der Waals surface area contributed by atoms with Crippen LogP contribution >= 0.6 is 18.9 Å². The molecule has 26 heavy (non-hydrogen) atoms. The third kappa shape index (κ3) is 2.55. The maximum absolute atomic E-state index is 13.6. The summed E-state index contributed by atoms with van der Waals surface area (Å²) in [6.45, 7) is 0. The lowest BCUT2D eigenvalue weighted by Gasteiger charge is -2.66. The molecule has 0 atom stereocenters.